The highest BCUT2D eigenvalue weighted by molar-refractivity contribution is 5.66. The molecule has 6 nitrogen and oxygen atoms in total. The number of nitrogens with zero attached hydrogens (tertiary/aromatic N) is 3. The van der Waals surface area contributed by atoms with Gasteiger partial charge in [0.15, 0.2) is 0 Å². The SMILES string of the molecule is CN(CCCC(=O)O)c1ncc2c(n1)COC2. The van der Waals surface area contributed by atoms with Crippen LogP contribution < -0.4 is 4.90 Å². The van der Waals surface area contributed by atoms with Gasteiger partial charge in [0.05, 0.1) is 18.9 Å². The topological polar surface area (TPSA) is 75.6 Å². The number of carboxylic acid groups (broad SMARTS) is 1. The van der Waals surface area contributed by atoms with Crippen LogP contribution in [-0.2, 0) is 22.7 Å². The van der Waals surface area contributed by atoms with Gasteiger partial charge in [0.1, 0.15) is 0 Å². The van der Waals surface area contributed by atoms with Gasteiger partial charge in [-0.05, 0) is 6.42 Å². The molecule has 0 saturated carbocycles. The van der Waals surface area contributed by atoms with Gasteiger partial charge in [-0.3, -0.25) is 4.79 Å². The van der Waals surface area contributed by atoms with Gasteiger partial charge >= 0.3 is 5.97 Å². The maximum atomic E-state index is 10.4. The summed E-state index contributed by atoms with van der Waals surface area (Å²) in [7, 11) is 1.86. The largest absolute Gasteiger partial charge is 0.481 e. The Labute approximate surface area is 99.2 Å². The van der Waals surface area contributed by atoms with E-state index < -0.39 is 5.97 Å². The van der Waals surface area contributed by atoms with Crippen LogP contribution >= 0.6 is 0 Å². The Bertz CT molecular complexity index is 422. The van der Waals surface area contributed by atoms with E-state index >= 15 is 0 Å². The average molecular weight is 237 g/mol. The predicted octanol–water partition coefficient (Wildman–Crippen LogP) is 0.808. The minimum atomic E-state index is -0.776. The van der Waals surface area contributed by atoms with Crippen LogP contribution in [0.1, 0.15) is 24.1 Å². The number of carboxylic acids is 1. The molecule has 0 aromatic carbocycles. The molecule has 17 heavy (non-hydrogen) atoms. The Hall–Kier alpha value is -1.69. The molecule has 0 radical (unpaired) electrons. The molecule has 0 bridgehead atoms. The molecule has 0 unspecified atom stereocenters. The number of carbonyl (C=O) groups is 1. The summed E-state index contributed by atoms with van der Waals surface area (Å²) in [5.74, 6) is -0.152. The fourth-order valence-electron chi connectivity index (χ4n) is 1.69. The van der Waals surface area contributed by atoms with Crippen molar-refractivity contribution >= 4 is 11.9 Å². The molecule has 0 atom stereocenters. The van der Waals surface area contributed by atoms with Crippen molar-refractivity contribution in [1.29, 1.82) is 0 Å². The zero-order chi connectivity index (χ0) is 12.3. The van der Waals surface area contributed by atoms with Gasteiger partial charge in [-0.1, -0.05) is 0 Å². The maximum absolute atomic E-state index is 10.4. The number of ether oxygens (including phenoxy) is 1. The van der Waals surface area contributed by atoms with Gasteiger partial charge in [-0.15, -0.1) is 0 Å². The number of rotatable bonds is 5. The van der Waals surface area contributed by atoms with Crippen molar-refractivity contribution in [2.45, 2.75) is 26.1 Å². The summed E-state index contributed by atoms with van der Waals surface area (Å²) in [5.41, 5.74) is 1.97. The van der Waals surface area contributed by atoms with Gasteiger partial charge < -0.3 is 14.7 Å². The molecule has 6 heteroatoms. The van der Waals surface area contributed by atoms with E-state index in [2.05, 4.69) is 9.97 Å². The first-order valence-corrected chi connectivity index (χ1v) is 5.52. The first-order valence-electron chi connectivity index (χ1n) is 5.52. The van der Waals surface area contributed by atoms with E-state index in [1.807, 2.05) is 11.9 Å². The van der Waals surface area contributed by atoms with E-state index in [4.69, 9.17) is 9.84 Å². The number of hydrogen-bond acceptors (Lipinski definition) is 5. The molecule has 0 spiro atoms. The fraction of sp³-hybridized carbons (Fsp3) is 0.545. The molecule has 0 saturated heterocycles. The van der Waals surface area contributed by atoms with E-state index in [1.165, 1.54) is 0 Å². The summed E-state index contributed by atoms with van der Waals surface area (Å²) in [6, 6.07) is 0. The third-order valence-electron chi connectivity index (χ3n) is 2.66. The number of hydrogen-bond donors (Lipinski definition) is 1. The molecule has 1 aromatic heterocycles. The highest BCUT2D eigenvalue weighted by atomic mass is 16.5. The second-order valence-electron chi connectivity index (χ2n) is 4.05. The Kier molecular flexibility index (Phi) is 3.53. The second-order valence-corrected chi connectivity index (χ2v) is 4.05. The number of aliphatic carboxylic acids is 1. The Morgan fingerprint density at radius 1 is 1.59 bits per heavy atom. The van der Waals surface area contributed by atoms with Crippen molar-refractivity contribution in [3.8, 4) is 0 Å². The Balaban J connectivity index is 1.95. The lowest BCUT2D eigenvalue weighted by Crippen LogP contribution is -2.22. The third kappa shape index (κ3) is 2.91. The number of aromatic nitrogens is 2. The Morgan fingerprint density at radius 3 is 3.18 bits per heavy atom. The molecule has 2 rings (SSSR count). The molecular weight excluding hydrogens is 222 g/mol. The molecule has 1 N–H and O–H groups in total. The van der Waals surface area contributed by atoms with Gasteiger partial charge in [0.25, 0.3) is 0 Å². The molecule has 0 aliphatic carbocycles. The standard InChI is InChI=1S/C11H15N3O3/c1-14(4-2-3-10(15)16)11-12-5-8-6-17-7-9(8)13-11/h5H,2-4,6-7H2,1H3,(H,15,16). The molecule has 1 aliphatic rings. The fourth-order valence-corrected chi connectivity index (χ4v) is 1.69. The molecule has 92 valence electrons. The highest BCUT2D eigenvalue weighted by Crippen LogP contribution is 2.18. The lowest BCUT2D eigenvalue weighted by Gasteiger charge is -2.16. The molecular formula is C11H15N3O3. The summed E-state index contributed by atoms with van der Waals surface area (Å²) in [6.07, 6.45) is 2.53. The summed E-state index contributed by atoms with van der Waals surface area (Å²) >= 11 is 0. The smallest absolute Gasteiger partial charge is 0.303 e. The maximum Gasteiger partial charge on any atom is 0.303 e. The van der Waals surface area contributed by atoms with E-state index in [0.717, 1.165) is 11.3 Å². The molecule has 1 aliphatic heterocycles. The van der Waals surface area contributed by atoms with Crippen LogP contribution in [0.2, 0.25) is 0 Å². The van der Waals surface area contributed by atoms with Crippen LogP contribution in [0, 0.1) is 0 Å². The lowest BCUT2D eigenvalue weighted by atomic mass is 10.3. The van der Waals surface area contributed by atoms with Crippen molar-refractivity contribution < 1.29 is 14.6 Å². The summed E-state index contributed by atoms with van der Waals surface area (Å²) < 4.78 is 5.26. The minimum absolute atomic E-state index is 0.165. The van der Waals surface area contributed by atoms with Crippen molar-refractivity contribution in [3.05, 3.63) is 17.5 Å². The lowest BCUT2D eigenvalue weighted by molar-refractivity contribution is -0.137. The summed E-state index contributed by atoms with van der Waals surface area (Å²) in [5, 5.41) is 8.56. The van der Waals surface area contributed by atoms with Crippen LogP contribution in [0.25, 0.3) is 0 Å². The van der Waals surface area contributed by atoms with Crippen molar-refractivity contribution in [2.75, 3.05) is 18.5 Å². The van der Waals surface area contributed by atoms with E-state index in [0.29, 0.717) is 32.1 Å². The van der Waals surface area contributed by atoms with Crippen LogP contribution in [0.15, 0.2) is 6.20 Å². The van der Waals surface area contributed by atoms with E-state index in [-0.39, 0.29) is 6.42 Å². The molecule has 2 heterocycles. The monoisotopic (exact) mass is 237 g/mol. The molecule has 0 amide bonds. The Morgan fingerprint density at radius 2 is 2.41 bits per heavy atom. The van der Waals surface area contributed by atoms with Crippen molar-refractivity contribution in [1.82, 2.24) is 9.97 Å². The molecule has 0 fully saturated rings. The van der Waals surface area contributed by atoms with Gasteiger partial charge in [-0.2, -0.15) is 0 Å². The third-order valence-corrected chi connectivity index (χ3v) is 2.66. The second kappa shape index (κ2) is 5.09. The van der Waals surface area contributed by atoms with Crippen LogP contribution in [0.4, 0.5) is 5.95 Å². The van der Waals surface area contributed by atoms with Crippen molar-refractivity contribution in [3.63, 3.8) is 0 Å². The minimum Gasteiger partial charge on any atom is -0.481 e. The number of fused-ring (bicyclic) bond motifs is 1. The number of anilines is 1. The zero-order valence-corrected chi connectivity index (χ0v) is 9.72. The average Bonchev–Trinajstić information content (AvgIpc) is 2.75. The van der Waals surface area contributed by atoms with Crippen LogP contribution in [0.5, 0.6) is 0 Å². The van der Waals surface area contributed by atoms with Gasteiger partial charge in [0.2, 0.25) is 5.95 Å². The summed E-state index contributed by atoms with van der Waals surface area (Å²) in [4.78, 5) is 20.9. The predicted molar refractivity (Wildman–Crippen MR) is 60.7 cm³/mol. The molecule has 1 aromatic rings. The van der Waals surface area contributed by atoms with E-state index in [1.54, 1.807) is 6.20 Å². The first-order chi connectivity index (χ1) is 8.16. The van der Waals surface area contributed by atoms with E-state index in [9.17, 15) is 4.79 Å². The van der Waals surface area contributed by atoms with Gasteiger partial charge in [0, 0.05) is 31.8 Å². The zero-order valence-electron chi connectivity index (χ0n) is 9.72. The van der Waals surface area contributed by atoms with Gasteiger partial charge in [-0.25, -0.2) is 9.97 Å². The van der Waals surface area contributed by atoms with Crippen molar-refractivity contribution in [2.24, 2.45) is 0 Å². The highest BCUT2D eigenvalue weighted by Gasteiger charge is 2.15. The quantitative estimate of drug-likeness (QED) is 0.816. The summed E-state index contributed by atoms with van der Waals surface area (Å²) in [6.45, 7) is 1.75. The first kappa shape index (κ1) is 11.8. The van der Waals surface area contributed by atoms with Crippen LogP contribution in [0.3, 0.4) is 0 Å². The van der Waals surface area contributed by atoms with Crippen LogP contribution in [-0.4, -0.2) is 34.6 Å². The normalized spacial score (nSPS) is 13.5.